The van der Waals surface area contributed by atoms with Crippen LogP contribution in [0.1, 0.15) is 46.0 Å². The van der Waals surface area contributed by atoms with E-state index in [2.05, 4.69) is 15.3 Å². The van der Waals surface area contributed by atoms with Gasteiger partial charge in [-0.05, 0) is 45.4 Å². The van der Waals surface area contributed by atoms with Crippen LogP contribution in [0.5, 0.6) is 0 Å². The van der Waals surface area contributed by atoms with Gasteiger partial charge in [0.05, 0.1) is 5.02 Å². The number of esters is 1. The van der Waals surface area contributed by atoms with Gasteiger partial charge in [0.2, 0.25) is 0 Å². The number of carbonyl (C=O) groups is 3. The van der Waals surface area contributed by atoms with Crippen molar-refractivity contribution >= 4 is 35.1 Å². The molecule has 0 aliphatic carbocycles. The minimum absolute atomic E-state index is 0.148. The summed E-state index contributed by atoms with van der Waals surface area (Å²) in [5, 5.41) is 2.97. The number of rotatable bonds is 5. The number of nitrogens with one attached hydrogen (secondary N) is 2. The first kappa shape index (κ1) is 18.7. The molecule has 0 saturated carbocycles. The molecule has 0 saturated heterocycles. The second kappa shape index (κ2) is 7.48. The zero-order valence-electron chi connectivity index (χ0n) is 14.3. The molecule has 7 nitrogen and oxygen atoms in total. The van der Waals surface area contributed by atoms with Gasteiger partial charge in [-0.25, -0.2) is 9.78 Å². The minimum Gasteiger partial charge on any atom is -0.448 e. The highest BCUT2D eigenvalue weighted by molar-refractivity contribution is 6.30. The quantitative estimate of drug-likeness (QED) is 0.628. The molecule has 1 amide bonds. The standard InChI is InChI=1S/C17H18ClN3O4/c1-8-14(10(3)22)9(2)20-15(8)17(24)25-11(4)16(23)21-13-6-5-12(18)7-19-13/h5-7,11,20H,1-4H3,(H,19,21,23)/t11-/m0/s1. The Labute approximate surface area is 149 Å². The zero-order chi connectivity index (χ0) is 18.7. The van der Waals surface area contributed by atoms with E-state index < -0.39 is 18.0 Å². The second-order valence-electron chi connectivity index (χ2n) is 5.58. The number of aromatic amines is 1. The number of ether oxygens (including phenoxy) is 1. The lowest BCUT2D eigenvalue weighted by atomic mass is 10.1. The Kier molecular flexibility index (Phi) is 5.58. The Bertz CT molecular complexity index is 827. The van der Waals surface area contributed by atoms with Crippen LogP contribution >= 0.6 is 11.6 Å². The lowest BCUT2D eigenvalue weighted by Gasteiger charge is -2.13. The number of carbonyl (C=O) groups excluding carboxylic acids is 3. The fourth-order valence-electron chi connectivity index (χ4n) is 2.43. The largest absolute Gasteiger partial charge is 0.448 e. The van der Waals surface area contributed by atoms with Crippen LogP contribution in [0.2, 0.25) is 5.02 Å². The maximum atomic E-state index is 12.3. The summed E-state index contributed by atoms with van der Waals surface area (Å²) >= 11 is 5.73. The van der Waals surface area contributed by atoms with E-state index in [1.54, 1.807) is 19.9 Å². The normalized spacial score (nSPS) is 11.7. The van der Waals surface area contributed by atoms with Crippen LogP contribution in [-0.2, 0) is 9.53 Å². The van der Waals surface area contributed by atoms with Crippen molar-refractivity contribution in [2.24, 2.45) is 0 Å². The first-order valence-electron chi connectivity index (χ1n) is 7.54. The van der Waals surface area contributed by atoms with E-state index in [1.807, 2.05) is 0 Å². The van der Waals surface area contributed by atoms with Gasteiger partial charge in [0.15, 0.2) is 11.9 Å². The van der Waals surface area contributed by atoms with Gasteiger partial charge in [-0.15, -0.1) is 0 Å². The molecule has 1 atom stereocenters. The number of nitrogens with zero attached hydrogens (tertiary/aromatic N) is 1. The third kappa shape index (κ3) is 4.24. The van der Waals surface area contributed by atoms with Crippen molar-refractivity contribution in [1.82, 2.24) is 9.97 Å². The van der Waals surface area contributed by atoms with Crippen LogP contribution in [-0.4, -0.2) is 33.7 Å². The minimum atomic E-state index is -1.05. The molecule has 2 rings (SSSR count). The maximum Gasteiger partial charge on any atom is 0.355 e. The predicted molar refractivity (Wildman–Crippen MR) is 93.0 cm³/mol. The monoisotopic (exact) mass is 363 g/mol. The SMILES string of the molecule is CC(=O)c1c(C)[nH]c(C(=O)O[C@@H](C)C(=O)Nc2ccc(Cl)cn2)c1C. The van der Waals surface area contributed by atoms with Crippen LogP contribution in [0, 0.1) is 13.8 Å². The van der Waals surface area contributed by atoms with E-state index in [-0.39, 0.29) is 11.5 Å². The number of aryl methyl sites for hydroxylation is 1. The highest BCUT2D eigenvalue weighted by Crippen LogP contribution is 2.20. The average molecular weight is 364 g/mol. The molecule has 0 radical (unpaired) electrons. The molecule has 0 aromatic carbocycles. The summed E-state index contributed by atoms with van der Waals surface area (Å²) in [6.45, 7) is 6.22. The average Bonchev–Trinajstić information content (AvgIpc) is 2.84. The summed E-state index contributed by atoms with van der Waals surface area (Å²) in [4.78, 5) is 42.8. The van der Waals surface area contributed by atoms with Crippen molar-refractivity contribution in [3.63, 3.8) is 0 Å². The molecule has 0 fully saturated rings. The number of anilines is 1. The molecule has 0 aliphatic rings. The van der Waals surface area contributed by atoms with Crippen molar-refractivity contribution in [3.8, 4) is 0 Å². The molecule has 2 N–H and O–H groups in total. The number of Topliss-reactive ketones (excluding diaryl/α,β-unsaturated/α-hetero) is 1. The molecule has 132 valence electrons. The summed E-state index contributed by atoms with van der Waals surface area (Å²) in [7, 11) is 0. The van der Waals surface area contributed by atoms with Gasteiger partial charge in [0, 0.05) is 17.5 Å². The Morgan fingerprint density at radius 1 is 1.28 bits per heavy atom. The maximum absolute atomic E-state index is 12.3. The Morgan fingerprint density at radius 3 is 2.48 bits per heavy atom. The van der Waals surface area contributed by atoms with Crippen LogP contribution in [0.4, 0.5) is 5.82 Å². The molecule has 2 heterocycles. The predicted octanol–water partition coefficient (Wildman–Crippen LogP) is 3.07. The Balaban J connectivity index is 2.07. The van der Waals surface area contributed by atoms with Crippen molar-refractivity contribution in [3.05, 3.63) is 45.9 Å². The third-order valence-electron chi connectivity index (χ3n) is 3.63. The Hall–Kier alpha value is -2.67. The molecule has 8 heteroatoms. The van der Waals surface area contributed by atoms with E-state index in [1.165, 1.54) is 26.1 Å². The van der Waals surface area contributed by atoms with Gasteiger partial charge in [-0.2, -0.15) is 0 Å². The van der Waals surface area contributed by atoms with Crippen molar-refractivity contribution < 1.29 is 19.1 Å². The van der Waals surface area contributed by atoms with Gasteiger partial charge in [0.1, 0.15) is 11.5 Å². The van der Waals surface area contributed by atoms with E-state index in [0.717, 1.165) is 0 Å². The van der Waals surface area contributed by atoms with E-state index in [0.29, 0.717) is 27.7 Å². The number of pyridine rings is 1. The number of H-pyrrole nitrogens is 1. The molecule has 0 bridgehead atoms. The summed E-state index contributed by atoms with van der Waals surface area (Å²) in [5.74, 6) is -1.09. The molecule has 2 aromatic heterocycles. The third-order valence-corrected chi connectivity index (χ3v) is 3.85. The number of ketones is 1. The van der Waals surface area contributed by atoms with E-state index >= 15 is 0 Å². The van der Waals surface area contributed by atoms with Gasteiger partial charge >= 0.3 is 5.97 Å². The molecule has 0 aliphatic heterocycles. The smallest absolute Gasteiger partial charge is 0.355 e. The molecular weight excluding hydrogens is 346 g/mol. The van der Waals surface area contributed by atoms with Gasteiger partial charge in [-0.3, -0.25) is 9.59 Å². The molecule has 0 unspecified atom stereocenters. The van der Waals surface area contributed by atoms with Crippen LogP contribution in [0.3, 0.4) is 0 Å². The molecule has 25 heavy (non-hydrogen) atoms. The van der Waals surface area contributed by atoms with Crippen molar-refractivity contribution in [2.45, 2.75) is 33.8 Å². The lowest BCUT2D eigenvalue weighted by Crippen LogP contribution is -2.30. The number of hydrogen-bond acceptors (Lipinski definition) is 5. The van der Waals surface area contributed by atoms with Crippen molar-refractivity contribution in [2.75, 3.05) is 5.32 Å². The van der Waals surface area contributed by atoms with Crippen molar-refractivity contribution in [1.29, 1.82) is 0 Å². The highest BCUT2D eigenvalue weighted by atomic mass is 35.5. The van der Waals surface area contributed by atoms with E-state index in [4.69, 9.17) is 16.3 Å². The first-order valence-corrected chi connectivity index (χ1v) is 7.92. The summed E-state index contributed by atoms with van der Waals surface area (Å²) < 4.78 is 5.18. The summed E-state index contributed by atoms with van der Waals surface area (Å²) in [6.07, 6.45) is 0.344. The van der Waals surface area contributed by atoms with Gasteiger partial charge in [0.25, 0.3) is 5.91 Å². The highest BCUT2D eigenvalue weighted by Gasteiger charge is 2.24. The molecule has 2 aromatic rings. The topological polar surface area (TPSA) is 101 Å². The molecule has 0 spiro atoms. The lowest BCUT2D eigenvalue weighted by molar-refractivity contribution is -0.123. The van der Waals surface area contributed by atoms with Crippen LogP contribution in [0.25, 0.3) is 0 Å². The number of hydrogen-bond donors (Lipinski definition) is 2. The fraction of sp³-hybridized carbons (Fsp3) is 0.294. The van der Waals surface area contributed by atoms with Crippen LogP contribution in [0.15, 0.2) is 18.3 Å². The van der Waals surface area contributed by atoms with Gasteiger partial charge in [-0.1, -0.05) is 11.6 Å². The van der Waals surface area contributed by atoms with Gasteiger partial charge < -0.3 is 15.0 Å². The fourth-order valence-corrected chi connectivity index (χ4v) is 2.54. The Morgan fingerprint density at radius 2 is 1.96 bits per heavy atom. The van der Waals surface area contributed by atoms with E-state index in [9.17, 15) is 14.4 Å². The van der Waals surface area contributed by atoms with Crippen LogP contribution < -0.4 is 5.32 Å². The summed E-state index contributed by atoms with van der Waals surface area (Å²) in [6, 6.07) is 3.11. The number of aromatic nitrogens is 2. The number of halogens is 1. The molecular formula is C17H18ClN3O4. The zero-order valence-corrected chi connectivity index (χ0v) is 15.0. The summed E-state index contributed by atoms with van der Waals surface area (Å²) in [5.41, 5.74) is 1.70. The second-order valence-corrected chi connectivity index (χ2v) is 6.02. The number of amides is 1. The first-order chi connectivity index (χ1) is 11.7.